The Hall–Kier alpha value is -0.0851. The highest BCUT2D eigenvalue weighted by Crippen LogP contribution is 2.15. The van der Waals surface area contributed by atoms with E-state index in [1.807, 2.05) is 9.80 Å². The molecule has 0 atom stereocenters. The minimum absolute atomic E-state index is 0.850. The number of carbonyl (C=O) groups excluding carboxylic acids is 1. The fourth-order valence-corrected chi connectivity index (χ4v) is 1.61. The molecule has 0 aromatic carbocycles. The molecule has 1 aliphatic rings. The van der Waals surface area contributed by atoms with E-state index in [1.165, 1.54) is 5.57 Å². The number of halogens is 1. The molecule has 1 radical (unpaired) electrons. The van der Waals surface area contributed by atoms with E-state index in [0.717, 1.165) is 32.1 Å². The topological polar surface area (TPSA) is 20.3 Å². The Balaban J connectivity index is 2.29. The van der Waals surface area contributed by atoms with Crippen molar-refractivity contribution >= 4 is 29.5 Å². The van der Waals surface area contributed by atoms with Crippen LogP contribution < -0.4 is 0 Å². The summed E-state index contributed by atoms with van der Waals surface area (Å²) in [5.41, 5.74) is 1.43. The molecule has 1 rings (SSSR count). The van der Waals surface area contributed by atoms with Crippen LogP contribution in [0.4, 0.5) is 0 Å². The van der Waals surface area contributed by atoms with Crippen molar-refractivity contribution in [3.63, 3.8) is 0 Å². The van der Waals surface area contributed by atoms with Gasteiger partial charge in [-0.15, -0.1) is 0 Å². The van der Waals surface area contributed by atoms with Crippen LogP contribution in [0.2, 0.25) is 0 Å². The maximum Gasteiger partial charge on any atom is 0.293 e. The number of nitrogens with zero attached hydrogens (tertiary/aromatic N) is 1. The SMILES string of the molecule is O=C[B]N1CCC(=CBr)CC1. The predicted octanol–water partition coefficient (Wildman–Crippen LogP) is 1.17. The van der Waals surface area contributed by atoms with Gasteiger partial charge >= 0.3 is 0 Å². The number of carbonyl (C=O) groups is 1. The largest absolute Gasteiger partial charge is 0.339 e. The van der Waals surface area contributed by atoms with E-state index in [-0.39, 0.29) is 0 Å². The Morgan fingerprint density at radius 3 is 2.55 bits per heavy atom. The van der Waals surface area contributed by atoms with Gasteiger partial charge in [-0.3, -0.25) is 0 Å². The quantitative estimate of drug-likeness (QED) is 0.508. The third-order valence-corrected chi connectivity index (χ3v) is 2.51. The summed E-state index contributed by atoms with van der Waals surface area (Å²) < 4.78 is 0. The number of piperidine rings is 1. The van der Waals surface area contributed by atoms with E-state index < -0.39 is 0 Å². The summed E-state index contributed by atoms with van der Waals surface area (Å²) in [6.07, 6.45) is 2.98. The van der Waals surface area contributed by atoms with Gasteiger partial charge in [0.05, 0.1) is 6.19 Å². The smallest absolute Gasteiger partial charge is 0.293 e. The lowest BCUT2D eigenvalue weighted by Gasteiger charge is -2.25. The van der Waals surface area contributed by atoms with Crippen LogP contribution in [0.25, 0.3) is 0 Å². The van der Waals surface area contributed by atoms with E-state index in [9.17, 15) is 4.79 Å². The van der Waals surface area contributed by atoms with E-state index in [2.05, 4.69) is 15.9 Å². The average Bonchev–Trinajstić information content (AvgIpc) is 2.07. The van der Waals surface area contributed by atoms with E-state index >= 15 is 0 Å². The second kappa shape index (κ2) is 4.72. The first kappa shape index (κ1) is 9.01. The van der Waals surface area contributed by atoms with Crippen LogP contribution >= 0.6 is 15.9 Å². The Morgan fingerprint density at radius 1 is 1.45 bits per heavy atom. The normalized spacial score (nSPS) is 19.5. The number of hydrogen-bond donors (Lipinski definition) is 0. The fourth-order valence-electron chi connectivity index (χ4n) is 1.16. The van der Waals surface area contributed by atoms with E-state index in [1.54, 1.807) is 7.41 Å². The first-order valence-corrected chi connectivity index (χ1v) is 4.59. The molecule has 0 bridgehead atoms. The first-order chi connectivity index (χ1) is 5.36. The highest BCUT2D eigenvalue weighted by Gasteiger charge is 2.12. The van der Waals surface area contributed by atoms with Crippen molar-refractivity contribution < 1.29 is 4.79 Å². The molecule has 0 aromatic heterocycles. The summed E-state index contributed by atoms with van der Waals surface area (Å²) in [6.45, 7) is 1.94. The molecule has 1 fully saturated rings. The van der Waals surface area contributed by atoms with Crippen molar-refractivity contribution in [2.75, 3.05) is 13.1 Å². The van der Waals surface area contributed by atoms with Gasteiger partial charge < -0.3 is 9.61 Å². The predicted molar refractivity (Wildman–Crippen MR) is 50.3 cm³/mol. The minimum Gasteiger partial charge on any atom is -0.339 e. The zero-order valence-electron chi connectivity index (χ0n) is 6.29. The molecule has 59 valence electrons. The van der Waals surface area contributed by atoms with Gasteiger partial charge in [-0.1, -0.05) is 21.5 Å². The summed E-state index contributed by atoms with van der Waals surface area (Å²) in [7, 11) is 1.62. The molecule has 0 N–H and O–H groups in total. The fraction of sp³-hybridized carbons (Fsp3) is 0.571. The Morgan fingerprint density at radius 2 is 2.09 bits per heavy atom. The van der Waals surface area contributed by atoms with Crippen LogP contribution in [-0.4, -0.2) is 31.5 Å². The molecular formula is C7H10BBrNO. The zero-order valence-corrected chi connectivity index (χ0v) is 7.88. The summed E-state index contributed by atoms with van der Waals surface area (Å²) in [6, 6.07) is 0. The van der Waals surface area contributed by atoms with Crippen LogP contribution in [-0.2, 0) is 4.79 Å². The van der Waals surface area contributed by atoms with Gasteiger partial charge in [0.15, 0.2) is 0 Å². The molecule has 4 heteroatoms. The van der Waals surface area contributed by atoms with Crippen molar-refractivity contribution in [1.82, 2.24) is 4.81 Å². The van der Waals surface area contributed by atoms with Crippen molar-refractivity contribution in [3.05, 3.63) is 10.6 Å². The molecule has 0 unspecified atom stereocenters. The molecule has 0 saturated carbocycles. The third kappa shape index (κ3) is 2.79. The molecule has 0 spiro atoms. The maximum atomic E-state index is 10.1. The molecule has 0 amide bonds. The molecule has 0 aromatic rings. The second-order valence-corrected chi connectivity index (χ2v) is 3.05. The van der Waals surface area contributed by atoms with E-state index in [0.29, 0.717) is 0 Å². The first-order valence-electron chi connectivity index (χ1n) is 3.67. The van der Waals surface area contributed by atoms with Gasteiger partial charge in [0.1, 0.15) is 0 Å². The monoisotopic (exact) mass is 214 g/mol. The zero-order chi connectivity index (χ0) is 8.10. The van der Waals surface area contributed by atoms with Gasteiger partial charge in [0.2, 0.25) is 0 Å². The van der Waals surface area contributed by atoms with Crippen LogP contribution in [0, 0.1) is 0 Å². The molecule has 1 heterocycles. The van der Waals surface area contributed by atoms with Crippen molar-refractivity contribution in [3.8, 4) is 0 Å². The third-order valence-electron chi connectivity index (χ3n) is 1.87. The van der Waals surface area contributed by atoms with Crippen LogP contribution in [0.3, 0.4) is 0 Å². The molecule has 1 saturated heterocycles. The van der Waals surface area contributed by atoms with Gasteiger partial charge in [-0.05, 0) is 30.9 Å². The number of rotatable bonds is 2. The summed E-state index contributed by atoms with van der Waals surface area (Å²) in [4.78, 5) is 14.1. The Labute approximate surface area is 76.0 Å². The summed E-state index contributed by atoms with van der Waals surface area (Å²) in [5, 5.41) is 0. The van der Waals surface area contributed by atoms with Crippen molar-refractivity contribution in [1.29, 1.82) is 0 Å². The van der Waals surface area contributed by atoms with E-state index in [4.69, 9.17) is 0 Å². The highest BCUT2D eigenvalue weighted by atomic mass is 79.9. The van der Waals surface area contributed by atoms with Gasteiger partial charge in [0.25, 0.3) is 7.41 Å². The van der Waals surface area contributed by atoms with Crippen LogP contribution in [0.5, 0.6) is 0 Å². The highest BCUT2D eigenvalue weighted by molar-refractivity contribution is 9.11. The summed E-state index contributed by atoms with van der Waals surface area (Å²) in [5.74, 6) is 0. The van der Waals surface area contributed by atoms with Gasteiger partial charge in [-0.2, -0.15) is 0 Å². The standard InChI is InChI=1S/C7H10BBrNO/c9-5-7-1-3-10(4-2-7)8-6-11/h5-6H,1-4H2. The van der Waals surface area contributed by atoms with Gasteiger partial charge in [0, 0.05) is 0 Å². The maximum absolute atomic E-state index is 10.1. The lowest BCUT2D eigenvalue weighted by Crippen LogP contribution is -2.34. The molecule has 2 nitrogen and oxygen atoms in total. The minimum atomic E-state index is 0.850. The van der Waals surface area contributed by atoms with Crippen LogP contribution in [0.1, 0.15) is 12.8 Å². The molecular weight excluding hydrogens is 205 g/mol. The lowest BCUT2D eigenvalue weighted by atomic mass is 9.90. The lowest BCUT2D eigenvalue weighted by molar-refractivity contribution is 0.413. The van der Waals surface area contributed by atoms with Gasteiger partial charge in [-0.25, -0.2) is 0 Å². The molecule has 1 aliphatic heterocycles. The molecule has 0 aliphatic carbocycles. The molecule has 11 heavy (non-hydrogen) atoms. The van der Waals surface area contributed by atoms with Crippen molar-refractivity contribution in [2.24, 2.45) is 0 Å². The number of hydrogen-bond acceptors (Lipinski definition) is 2. The average molecular weight is 215 g/mol. The Bertz CT molecular complexity index is 162. The second-order valence-electron chi connectivity index (χ2n) is 2.59. The van der Waals surface area contributed by atoms with Crippen LogP contribution in [0.15, 0.2) is 10.6 Å². The van der Waals surface area contributed by atoms with Crippen molar-refractivity contribution in [2.45, 2.75) is 12.8 Å². The Kier molecular flexibility index (Phi) is 3.87. The summed E-state index contributed by atoms with van der Waals surface area (Å²) >= 11 is 3.31.